The predicted molar refractivity (Wildman–Crippen MR) is 86.6 cm³/mol. The fourth-order valence-corrected chi connectivity index (χ4v) is 2.02. The van der Waals surface area contributed by atoms with Crippen LogP contribution in [0.15, 0.2) is 24.4 Å². The second kappa shape index (κ2) is 7.63. The van der Waals surface area contributed by atoms with Gasteiger partial charge in [0.05, 0.1) is 16.8 Å². The number of anilines is 3. The Hall–Kier alpha value is -2.13. The highest BCUT2D eigenvalue weighted by Crippen LogP contribution is 2.36. The quantitative estimate of drug-likeness (QED) is 0.824. The first-order valence-corrected chi connectivity index (χ1v) is 7.35. The van der Waals surface area contributed by atoms with Crippen molar-refractivity contribution >= 4 is 29.1 Å². The maximum Gasteiger partial charge on any atom is 0.417 e. The SMILES string of the molecule is CN(C)CCNc1cnnc(Nc2ccc(Cl)c(C(F)(F)F)c2)n1. The van der Waals surface area contributed by atoms with Crippen LogP contribution in [-0.4, -0.2) is 47.3 Å². The van der Waals surface area contributed by atoms with E-state index in [2.05, 4.69) is 25.8 Å². The predicted octanol–water partition coefficient (Wildman–Crippen LogP) is 3.26. The Balaban J connectivity index is 2.11. The van der Waals surface area contributed by atoms with Crippen molar-refractivity contribution in [3.8, 4) is 0 Å². The van der Waals surface area contributed by atoms with Crippen LogP contribution < -0.4 is 10.6 Å². The van der Waals surface area contributed by atoms with E-state index in [1.165, 1.54) is 18.3 Å². The number of hydrogen-bond donors (Lipinski definition) is 2. The molecule has 6 nitrogen and oxygen atoms in total. The van der Waals surface area contributed by atoms with Crippen molar-refractivity contribution in [2.24, 2.45) is 0 Å². The maximum atomic E-state index is 12.9. The monoisotopic (exact) mass is 360 g/mol. The van der Waals surface area contributed by atoms with E-state index in [9.17, 15) is 13.2 Å². The van der Waals surface area contributed by atoms with Gasteiger partial charge in [0.1, 0.15) is 0 Å². The number of nitrogens with zero attached hydrogens (tertiary/aromatic N) is 4. The summed E-state index contributed by atoms with van der Waals surface area (Å²) in [7, 11) is 3.87. The summed E-state index contributed by atoms with van der Waals surface area (Å²) in [6, 6.07) is 3.48. The van der Waals surface area contributed by atoms with E-state index in [0.29, 0.717) is 12.4 Å². The Bertz CT molecular complexity index is 692. The zero-order valence-corrected chi connectivity index (χ0v) is 13.8. The molecule has 130 valence electrons. The lowest BCUT2D eigenvalue weighted by atomic mass is 10.2. The largest absolute Gasteiger partial charge is 0.417 e. The molecule has 0 bridgehead atoms. The molecule has 1 aromatic heterocycles. The van der Waals surface area contributed by atoms with E-state index in [1.807, 2.05) is 19.0 Å². The molecule has 2 aromatic rings. The highest BCUT2D eigenvalue weighted by molar-refractivity contribution is 6.31. The Kier molecular flexibility index (Phi) is 5.79. The molecule has 0 unspecified atom stereocenters. The summed E-state index contributed by atoms with van der Waals surface area (Å²) < 4.78 is 38.6. The molecule has 0 radical (unpaired) electrons. The van der Waals surface area contributed by atoms with Crippen LogP contribution in [-0.2, 0) is 6.18 Å². The molecule has 0 fully saturated rings. The molecule has 0 aliphatic carbocycles. The Morgan fingerprint density at radius 2 is 2.00 bits per heavy atom. The van der Waals surface area contributed by atoms with Crippen molar-refractivity contribution in [3.05, 3.63) is 35.0 Å². The van der Waals surface area contributed by atoms with Crippen LogP contribution in [0.4, 0.5) is 30.6 Å². The molecular formula is C14H16ClF3N6. The molecule has 1 aromatic carbocycles. The average molecular weight is 361 g/mol. The zero-order chi connectivity index (χ0) is 17.7. The van der Waals surface area contributed by atoms with Gasteiger partial charge < -0.3 is 15.5 Å². The Morgan fingerprint density at radius 1 is 1.25 bits per heavy atom. The molecule has 0 atom stereocenters. The molecule has 2 N–H and O–H groups in total. The first-order chi connectivity index (χ1) is 11.3. The third kappa shape index (κ3) is 5.20. The van der Waals surface area contributed by atoms with Crippen LogP contribution in [0.3, 0.4) is 0 Å². The minimum atomic E-state index is -4.54. The van der Waals surface area contributed by atoms with E-state index >= 15 is 0 Å². The minimum Gasteiger partial charge on any atom is -0.367 e. The molecule has 0 spiro atoms. The van der Waals surface area contributed by atoms with Crippen LogP contribution in [0, 0.1) is 0 Å². The third-order valence-corrected chi connectivity index (χ3v) is 3.28. The average Bonchev–Trinajstić information content (AvgIpc) is 2.48. The molecule has 0 saturated carbocycles. The van der Waals surface area contributed by atoms with Crippen molar-refractivity contribution in [2.45, 2.75) is 6.18 Å². The number of hydrogen-bond acceptors (Lipinski definition) is 6. The van der Waals surface area contributed by atoms with Crippen LogP contribution in [0.2, 0.25) is 5.02 Å². The molecule has 0 amide bonds. The van der Waals surface area contributed by atoms with Gasteiger partial charge in [-0.05, 0) is 32.3 Å². The van der Waals surface area contributed by atoms with Gasteiger partial charge >= 0.3 is 6.18 Å². The standard InChI is InChI=1S/C14H16ClF3N6/c1-24(2)6-5-19-12-8-20-23-13(22-12)21-9-3-4-11(15)10(7-9)14(16,17)18/h3-4,7-8H,5-6H2,1-2H3,(H2,19,21,22,23). The van der Waals surface area contributed by atoms with Crippen molar-refractivity contribution in [2.75, 3.05) is 37.8 Å². The summed E-state index contributed by atoms with van der Waals surface area (Å²) in [6.07, 6.45) is -3.10. The topological polar surface area (TPSA) is 66.0 Å². The second-order valence-electron chi connectivity index (χ2n) is 5.21. The van der Waals surface area contributed by atoms with E-state index in [1.54, 1.807) is 0 Å². The fraction of sp³-hybridized carbons (Fsp3) is 0.357. The van der Waals surface area contributed by atoms with E-state index in [-0.39, 0.29) is 16.7 Å². The highest BCUT2D eigenvalue weighted by atomic mass is 35.5. The summed E-state index contributed by atoms with van der Waals surface area (Å²) in [5, 5.41) is 12.9. The van der Waals surface area contributed by atoms with Gasteiger partial charge in [-0.3, -0.25) is 0 Å². The molecule has 0 aliphatic heterocycles. The zero-order valence-electron chi connectivity index (χ0n) is 13.0. The van der Waals surface area contributed by atoms with E-state index in [4.69, 9.17) is 11.6 Å². The van der Waals surface area contributed by atoms with Crippen molar-refractivity contribution in [1.82, 2.24) is 20.1 Å². The molecule has 0 saturated heterocycles. The summed E-state index contributed by atoms with van der Waals surface area (Å²) in [6.45, 7) is 1.43. The number of benzene rings is 1. The van der Waals surface area contributed by atoms with Gasteiger partial charge in [0.15, 0.2) is 5.82 Å². The van der Waals surface area contributed by atoms with Crippen molar-refractivity contribution in [3.63, 3.8) is 0 Å². The fourth-order valence-electron chi connectivity index (χ4n) is 1.80. The number of rotatable bonds is 6. The maximum absolute atomic E-state index is 12.9. The van der Waals surface area contributed by atoms with Gasteiger partial charge in [0.25, 0.3) is 0 Å². The van der Waals surface area contributed by atoms with Crippen LogP contribution >= 0.6 is 11.6 Å². The Labute approximate surface area is 142 Å². The lowest BCUT2D eigenvalue weighted by Gasteiger charge is -2.12. The summed E-state index contributed by atoms with van der Waals surface area (Å²) in [4.78, 5) is 6.14. The second-order valence-corrected chi connectivity index (χ2v) is 5.62. The van der Waals surface area contributed by atoms with Gasteiger partial charge in [0.2, 0.25) is 5.95 Å². The van der Waals surface area contributed by atoms with Gasteiger partial charge in [-0.15, -0.1) is 5.10 Å². The van der Waals surface area contributed by atoms with Crippen LogP contribution in [0.5, 0.6) is 0 Å². The lowest BCUT2D eigenvalue weighted by molar-refractivity contribution is -0.137. The van der Waals surface area contributed by atoms with E-state index in [0.717, 1.165) is 12.6 Å². The Morgan fingerprint density at radius 3 is 2.67 bits per heavy atom. The molecular weight excluding hydrogens is 345 g/mol. The lowest BCUT2D eigenvalue weighted by Crippen LogP contribution is -2.21. The summed E-state index contributed by atoms with van der Waals surface area (Å²) >= 11 is 5.59. The number of aromatic nitrogens is 3. The molecule has 10 heteroatoms. The normalized spacial score (nSPS) is 11.6. The molecule has 0 aliphatic rings. The molecule has 2 rings (SSSR count). The van der Waals surface area contributed by atoms with Gasteiger partial charge in [0, 0.05) is 18.8 Å². The van der Waals surface area contributed by atoms with Gasteiger partial charge in [-0.2, -0.15) is 23.3 Å². The van der Waals surface area contributed by atoms with Crippen LogP contribution in [0.25, 0.3) is 0 Å². The number of alkyl halides is 3. The number of likely N-dealkylation sites (N-methyl/N-ethyl adjacent to an activating group) is 1. The minimum absolute atomic E-state index is 0.0836. The number of halogens is 4. The summed E-state index contributed by atoms with van der Waals surface area (Å²) in [5.41, 5.74) is -0.763. The van der Waals surface area contributed by atoms with Gasteiger partial charge in [-0.1, -0.05) is 11.6 Å². The highest BCUT2D eigenvalue weighted by Gasteiger charge is 2.33. The molecule has 1 heterocycles. The first kappa shape index (κ1) is 18.2. The molecule has 24 heavy (non-hydrogen) atoms. The van der Waals surface area contributed by atoms with E-state index < -0.39 is 11.7 Å². The summed E-state index contributed by atoms with van der Waals surface area (Å²) in [5.74, 6) is 0.555. The van der Waals surface area contributed by atoms with Crippen molar-refractivity contribution < 1.29 is 13.2 Å². The first-order valence-electron chi connectivity index (χ1n) is 6.98. The van der Waals surface area contributed by atoms with Crippen LogP contribution in [0.1, 0.15) is 5.56 Å². The van der Waals surface area contributed by atoms with Gasteiger partial charge in [-0.25, -0.2) is 0 Å². The third-order valence-electron chi connectivity index (χ3n) is 2.95. The van der Waals surface area contributed by atoms with Crippen molar-refractivity contribution in [1.29, 1.82) is 0 Å². The smallest absolute Gasteiger partial charge is 0.367 e. The number of nitrogens with one attached hydrogen (secondary N) is 2.